The van der Waals surface area contributed by atoms with E-state index in [-0.39, 0.29) is 23.4 Å². The number of nitrogens with zero attached hydrogens (tertiary/aromatic N) is 1. The highest BCUT2D eigenvalue weighted by molar-refractivity contribution is 5.86. The van der Waals surface area contributed by atoms with Gasteiger partial charge in [0.2, 0.25) is 5.91 Å². The van der Waals surface area contributed by atoms with Crippen LogP contribution in [0, 0.1) is 21.7 Å². The number of hydrogen-bond acceptors (Lipinski definition) is 6. The summed E-state index contributed by atoms with van der Waals surface area (Å²) in [6, 6.07) is 5.83. The Hall–Kier alpha value is -3.89. The Labute approximate surface area is 181 Å². The monoisotopic (exact) mass is 450 g/mol. The molecule has 2 aromatic carbocycles. The van der Waals surface area contributed by atoms with Crippen LogP contribution in [0.3, 0.4) is 0 Å². The molecule has 2 atom stereocenters. The zero-order valence-electron chi connectivity index (χ0n) is 16.9. The molecule has 1 amide bonds. The predicted molar refractivity (Wildman–Crippen MR) is 107 cm³/mol. The number of nitrogens with one attached hydrogen (secondary N) is 1. The van der Waals surface area contributed by atoms with Crippen molar-refractivity contribution >= 4 is 23.5 Å². The van der Waals surface area contributed by atoms with Gasteiger partial charge in [0.25, 0.3) is 5.69 Å². The van der Waals surface area contributed by atoms with E-state index in [0.29, 0.717) is 6.07 Å². The van der Waals surface area contributed by atoms with Crippen molar-refractivity contribution in [2.45, 2.75) is 31.7 Å². The average Bonchev–Trinajstić information content (AvgIpc) is 2.72. The molecule has 0 aromatic heterocycles. The molecular weight excluding hydrogens is 430 g/mol. The van der Waals surface area contributed by atoms with E-state index < -0.39 is 59.2 Å². The van der Waals surface area contributed by atoms with Crippen LogP contribution >= 0.6 is 0 Å². The van der Waals surface area contributed by atoms with Gasteiger partial charge >= 0.3 is 11.9 Å². The van der Waals surface area contributed by atoms with Crippen LogP contribution in [0.1, 0.15) is 30.4 Å². The van der Waals surface area contributed by atoms with Crippen molar-refractivity contribution in [3.05, 3.63) is 75.3 Å². The first-order chi connectivity index (χ1) is 15.1. The van der Waals surface area contributed by atoms with E-state index in [1.165, 1.54) is 12.1 Å². The lowest BCUT2D eigenvalue weighted by molar-refractivity contribution is -0.384. The second kappa shape index (κ2) is 10.9. The maximum atomic E-state index is 13.8. The molecule has 0 bridgehead atoms. The van der Waals surface area contributed by atoms with Gasteiger partial charge in [0, 0.05) is 24.1 Å². The normalized spacial score (nSPS) is 12.5. The fraction of sp³-hybridized carbons (Fsp3) is 0.286. The molecule has 0 unspecified atom stereocenters. The van der Waals surface area contributed by atoms with Crippen LogP contribution in [-0.4, -0.2) is 40.5 Å². The second-order valence-corrected chi connectivity index (χ2v) is 6.76. The van der Waals surface area contributed by atoms with E-state index in [2.05, 4.69) is 5.32 Å². The summed E-state index contributed by atoms with van der Waals surface area (Å²) in [7, 11) is 0. The number of ether oxygens (including phenoxy) is 1. The van der Waals surface area contributed by atoms with E-state index in [4.69, 9.17) is 4.74 Å². The van der Waals surface area contributed by atoms with Crippen LogP contribution in [0.25, 0.3) is 0 Å². The van der Waals surface area contributed by atoms with Crippen LogP contribution < -0.4 is 5.32 Å². The van der Waals surface area contributed by atoms with Crippen molar-refractivity contribution in [2.75, 3.05) is 6.61 Å². The van der Waals surface area contributed by atoms with Gasteiger partial charge in [-0.3, -0.25) is 19.7 Å². The van der Waals surface area contributed by atoms with Crippen LogP contribution in [0.15, 0.2) is 42.5 Å². The molecule has 32 heavy (non-hydrogen) atoms. The first-order valence-corrected chi connectivity index (χ1v) is 9.48. The Morgan fingerprint density at radius 1 is 1.16 bits per heavy atom. The maximum absolute atomic E-state index is 13.8. The van der Waals surface area contributed by atoms with Crippen molar-refractivity contribution in [2.24, 2.45) is 0 Å². The number of amides is 1. The topological polar surface area (TPSA) is 136 Å². The summed E-state index contributed by atoms with van der Waals surface area (Å²) in [6.07, 6.45) is -1.00. The molecule has 0 saturated carbocycles. The van der Waals surface area contributed by atoms with Gasteiger partial charge in [-0.05, 0) is 24.1 Å². The zero-order valence-corrected chi connectivity index (χ0v) is 16.9. The number of non-ortho nitro benzene ring substituents is 1. The third-order valence-corrected chi connectivity index (χ3v) is 4.57. The summed E-state index contributed by atoms with van der Waals surface area (Å²) in [5.74, 6) is -6.02. The highest BCUT2D eigenvalue weighted by Crippen LogP contribution is 2.27. The number of carbonyl (C=O) groups excluding carboxylic acids is 2. The highest BCUT2D eigenvalue weighted by atomic mass is 19.1. The van der Waals surface area contributed by atoms with Gasteiger partial charge in [-0.2, -0.15) is 0 Å². The number of aliphatic carboxylic acids is 1. The van der Waals surface area contributed by atoms with E-state index in [0.717, 1.165) is 24.3 Å². The number of nitro benzene ring substituents is 1. The van der Waals surface area contributed by atoms with E-state index >= 15 is 0 Å². The highest BCUT2D eigenvalue weighted by Gasteiger charge is 2.33. The number of esters is 1. The summed E-state index contributed by atoms with van der Waals surface area (Å²) in [5.41, 5.74) is -0.152. The van der Waals surface area contributed by atoms with Gasteiger partial charge in [-0.1, -0.05) is 18.2 Å². The predicted octanol–water partition coefficient (Wildman–Crippen LogP) is 2.72. The largest absolute Gasteiger partial charge is 0.480 e. The van der Waals surface area contributed by atoms with Gasteiger partial charge in [-0.25, -0.2) is 13.6 Å². The Morgan fingerprint density at radius 3 is 2.34 bits per heavy atom. The molecule has 2 rings (SSSR count). The van der Waals surface area contributed by atoms with Crippen molar-refractivity contribution in [3.8, 4) is 0 Å². The zero-order chi connectivity index (χ0) is 23.8. The molecule has 0 spiro atoms. The summed E-state index contributed by atoms with van der Waals surface area (Å²) < 4.78 is 31.8. The van der Waals surface area contributed by atoms with Crippen LogP contribution in [-0.2, 0) is 25.5 Å². The lowest BCUT2D eigenvalue weighted by atomic mass is 9.88. The number of benzene rings is 2. The fourth-order valence-electron chi connectivity index (χ4n) is 3.07. The standard InChI is InChI=1S/C21H20F2N2O7/c1-2-32-19(27)11-16(12-4-7-15(8-5-12)25(30)31)20(21(28)29)24-18(26)9-13-3-6-14(22)10-17(13)23/h3-8,10,16,20H,2,9,11H2,1H3,(H,24,26)(H,28,29)/t16-,20-/m1/s1. The third-order valence-electron chi connectivity index (χ3n) is 4.57. The fourth-order valence-corrected chi connectivity index (χ4v) is 3.07. The summed E-state index contributed by atoms with van der Waals surface area (Å²) >= 11 is 0. The van der Waals surface area contributed by atoms with Crippen molar-refractivity contribution in [1.82, 2.24) is 5.32 Å². The van der Waals surface area contributed by atoms with Gasteiger partial charge in [0.15, 0.2) is 0 Å². The Kier molecular flexibility index (Phi) is 8.33. The molecule has 9 nitrogen and oxygen atoms in total. The molecule has 0 aliphatic rings. The van der Waals surface area contributed by atoms with Crippen molar-refractivity contribution in [1.29, 1.82) is 0 Å². The minimum absolute atomic E-state index is 0.0414. The first kappa shape index (κ1) is 24.4. The van der Waals surface area contributed by atoms with Crippen LogP contribution in [0.2, 0.25) is 0 Å². The molecule has 0 radical (unpaired) electrons. The van der Waals surface area contributed by atoms with E-state index in [1.807, 2.05) is 0 Å². The Bertz CT molecular complexity index is 1010. The smallest absolute Gasteiger partial charge is 0.326 e. The van der Waals surface area contributed by atoms with Crippen LogP contribution in [0.4, 0.5) is 14.5 Å². The van der Waals surface area contributed by atoms with E-state index in [9.17, 15) is 38.4 Å². The van der Waals surface area contributed by atoms with Crippen LogP contribution in [0.5, 0.6) is 0 Å². The minimum Gasteiger partial charge on any atom is -0.480 e. The molecule has 0 aliphatic heterocycles. The molecule has 2 aromatic rings. The lowest BCUT2D eigenvalue weighted by Gasteiger charge is -2.25. The maximum Gasteiger partial charge on any atom is 0.326 e. The Morgan fingerprint density at radius 2 is 1.81 bits per heavy atom. The molecule has 11 heteroatoms. The molecule has 170 valence electrons. The minimum atomic E-state index is -1.63. The number of nitro groups is 1. The number of halogens is 2. The van der Waals surface area contributed by atoms with Crippen molar-refractivity contribution < 1.29 is 37.9 Å². The summed E-state index contributed by atoms with van der Waals surface area (Å²) in [5, 5.41) is 22.8. The molecule has 0 aliphatic carbocycles. The summed E-state index contributed by atoms with van der Waals surface area (Å²) in [6.45, 7) is 1.60. The SMILES string of the molecule is CCOC(=O)C[C@H](c1ccc([N+](=O)[O-])cc1)[C@@H](NC(=O)Cc1ccc(F)cc1F)C(=O)O. The Balaban J connectivity index is 2.31. The number of hydrogen-bond donors (Lipinski definition) is 2. The van der Waals surface area contributed by atoms with Crippen molar-refractivity contribution in [3.63, 3.8) is 0 Å². The number of rotatable bonds is 10. The molecule has 0 saturated heterocycles. The lowest BCUT2D eigenvalue weighted by Crippen LogP contribution is -2.46. The quantitative estimate of drug-likeness (QED) is 0.323. The van der Waals surface area contributed by atoms with E-state index in [1.54, 1.807) is 6.92 Å². The summed E-state index contributed by atoms with van der Waals surface area (Å²) in [4.78, 5) is 46.6. The average molecular weight is 450 g/mol. The number of carboxylic acid groups (broad SMARTS) is 1. The molecule has 0 heterocycles. The molecular formula is C21H20F2N2O7. The van der Waals surface area contributed by atoms with Gasteiger partial charge in [0.05, 0.1) is 24.4 Å². The molecule has 2 N–H and O–H groups in total. The van der Waals surface area contributed by atoms with Gasteiger partial charge in [-0.15, -0.1) is 0 Å². The number of carboxylic acids is 1. The third kappa shape index (κ3) is 6.56. The van der Waals surface area contributed by atoms with Gasteiger partial charge in [0.1, 0.15) is 17.7 Å². The first-order valence-electron chi connectivity index (χ1n) is 9.48. The van der Waals surface area contributed by atoms with Gasteiger partial charge < -0.3 is 15.2 Å². The second-order valence-electron chi connectivity index (χ2n) is 6.76. The number of carbonyl (C=O) groups is 3. The molecule has 0 fully saturated rings.